The van der Waals surface area contributed by atoms with E-state index >= 15 is 0 Å². The van der Waals surface area contributed by atoms with Crippen LogP contribution in [0.25, 0.3) is 0 Å². The molecule has 0 saturated carbocycles. The molecule has 1 aliphatic heterocycles. The summed E-state index contributed by atoms with van der Waals surface area (Å²) < 4.78 is 1.69. The zero-order chi connectivity index (χ0) is 19.2. The summed E-state index contributed by atoms with van der Waals surface area (Å²) in [5, 5.41) is 7.16. The number of aryl methyl sites for hydroxylation is 3. The Kier molecular flexibility index (Phi) is 6.40. The Morgan fingerprint density at radius 3 is 2.74 bits per heavy atom. The predicted octanol–water partition coefficient (Wildman–Crippen LogP) is 2.58. The lowest BCUT2D eigenvalue weighted by Gasteiger charge is -2.31. The second kappa shape index (κ2) is 8.95. The van der Waals surface area contributed by atoms with E-state index in [9.17, 15) is 9.59 Å². The molecule has 0 spiro atoms. The number of carbonyl (C=O) groups is 2. The van der Waals surface area contributed by atoms with Gasteiger partial charge in [0.2, 0.25) is 5.91 Å². The van der Waals surface area contributed by atoms with Gasteiger partial charge in [-0.25, -0.2) is 0 Å². The topological polar surface area (TPSA) is 67.2 Å². The van der Waals surface area contributed by atoms with Crippen LogP contribution in [-0.2, 0) is 23.1 Å². The molecule has 1 fully saturated rings. The average molecular weight is 368 g/mol. The highest BCUT2D eigenvalue weighted by Gasteiger charge is 2.26. The number of amides is 1. The number of nitrogens with zero attached hydrogens (tertiary/aromatic N) is 3. The number of likely N-dealkylation sites (tertiary alicyclic amines) is 1. The molecule has 0 unspecified atom stereocenters. The zero-order valence-electron chi connectivity index (χ0n) is 16.1. The van der Waals surface area contributed by atoms with Gasteiger partial charge >= 0.3 is 0 Å². The van der Waals surface area contributed by atoms with E-state index in [4.69, 9.17) is 0 Å². The van der Waals surface area contributed by atoms with Crippen LogP contribution in [0.1, 0.15) is 30.5 Å². The fourth-order valence-electron chi connectivity index (χ4n) is 3.69. The molecule has 6 nitrogen and oxygen atoms in total. The van der Waals surface area contributed by atoms with Crippen molar-refractivity contribution in [3.8, 4) is 0 Å². The number of rotatable bonds is 7. The number of piperidine rings is 1. The van der Waals surface area contributed by atoms with Gasteiger partial charge in [0.15, 0.2) is 0 Å². The molecule has 0 bridgehead atoms. The highest BCUT2D eigenvalue weighted by Crippen LogP contribution is 2.20. The van der Waals surface area contributed by atoms with E-state index in [1.807, 2.05) is 32.2 Å². The van der Waals surface area contributed by atoms with Crippen molar-refractivity contribution in [1.29, 1.82) is 0 Å². The molecule has 0 radical (unpaired) electrons. The average Bonchev–Trinajstić information content (AvgIpc) is 2.97. The Labute approximate surface area is 160 Å². The Bertz CT molecular complexity index is 785. The number of carbonyl (C=O) groups excluding carboxylic acids is 2. The van der Waals surface area contributed by atoms with Crippen molar-refractivity contribution in [3.63, 3.8) is 0 Å². The first-order valence-corrected chi connectivity index (χ1v) is 9.60. The molecule has 2 heterocycles. The number of hydrogen-bond donors (Lipinski definition) is 1. The van der Waals surface area contributed by atoms with Gasteiger partial charge in [-0.2, -0.15) is 5.10 Å². The number of ketones is 1. The molecule has 1 amide bonds. The summed E-state index contributed by atoms with van der Waals surface area (Å²) in [6.07, 6.45) is 5.05. The third kappa shape index (κ3) is 5.50. The standard InChI is InChI=1S/C21H28N4O2/c1-16-19(14-24(2)23-16)22-21(27)15-25-12-6-9-18(13-25)20(26)11-10-17-7-4-3-5-8-17/h3-5,7-8,14,18H,6,9-13,15H2,1-2H3,(H,22,27)/t18-/m1/s1. The van der Waals surface area contributed by atoms with Crippen LogP contribution < -0.4 is 5.32 Å². The summed E-state index contributed by atoms with van der Waals surface area (Å²) in [6.45, 7) is 3.73. The lowest BCUT2D eigenvalue weighted by Crippen LogP contribution is -2.42. The smallest absolute Gasteiger partial charge is 0.238 e. The van der Waals surface area contributed by atoms with Gasteiger partial charge in [0, 0.05) is 32.1 Å². The molecule has 1 aliphatic rings. The molecule has 1 aromatic carbocycles. The van der Waals surface area contributed by atoms with Crippen molar-refractivity contribution in [2.75, 3.05) is 25.0 Å². The van der Waals surface area contributed by atoms with Crippen LogP contribution in [0.15, 0.2) is 36.5 Å². The maximum Gasteiger partial charge on any atom is 0.238 e. The van der Waals surface area contributed by atoms with E-state index in [2.05, 4.69) is 27.4 Å². The molecule has 1 atom stereocenters. The third-order valence-electron chi connectivity index (χ3n) is 5.12. The van der Waals surface area contributed by atoms with E-state index < -0.39 is 0 Å². The van der Waals surface area contributed by atoms with Gasteiger partial charge in [0.1, 0.15) is 5.78 Å². The molecule has 1 aromatic heterocycles. The fourth-order valence-corrected chi connectivity index (χ4v) is 3.69. The summed E-state index contributed by atoms with van der Waals surface area (Å²) in [6, 6.07) is 10.1. The largest absolute Gasteiger partial charge is 0.322 e. The SMILES string of the molecule is Cc1nn(C)cc1NC(=O)CN1CCC[C@@H](C(=O)CCc2ccccc2)C1. The minimum atomic E-state index is -0.0523. The zero-order valence-corrected chi connectivity index (χ0v) is 16.1. The van der Waals surface area contributed by atoms with Crippen LogP contribution in [0, 0.1) is 12.8 Å². The first-order valence-electron chi connectivity index (χ1n) is 9.60. The molecular formula is C21H28N4O2. The number of benzene rings is 1. The second-order valence-corrected chi connectivity index (χ2v) is 7.38. The van der Waals surface area contributed by atoms with Crippen molar-refractivity contribution in [2.45, 2.75) is 32.6 Å². The summed E-state index contributed by atoms with van der Waals surface area (Å²) in [4.78, 5) is 27.1. The van der Waals surface area contributed by atoms with Crippen molar-refractivity contribution in [3.05, 3.63) is 47.8 Å². The molecule has 1 N–H and O–H groups in total. The maximum absolute atomic E-state index is 12.6. The van der Waals surface area contributed by atoms with E-state index in [1.165, 1.54) is 5.56 Å². The lowest BCUT2D eigenvalue weighted by atomic mass is 9.90. The quantitative estimate of drug-likeness (QED) is 0.816. The summed E-state index contributed by atoms with van der Waals surface area (Å²) in [5.41, 5.74) is 2.75. The number of Topliss-reactive ketones (excluding diaryl/α,β-unsaturated/α-hetero) is 1. The minimum Gasteiger partial charge on any atom is -0.322 e. The molecule has 6 heteroatoms. The van der Waals surface area contributed by atoms with E-state index in [-0.39, 0.29) is 11.8 Å². The number of nitrogens with one attached hydrogen (secondary N) is 1. The van der Waals surface area contributed by atoms with Gasteiger partial charge in [-0.15, -0.1) is 0 Å². The third-order valence-corrected chi connectivity index (χ3v) is 5.12. The van der Waals surface area contributed by atoms with Crippen molar-refractivity contribution < 1.29 is 9.59 Å². The van der Waals surface area contributed by atoms with Crippen molar-refractivity contribution in [1.82, 2.24) is 14.7 Å². The van der Waals surface area contributed by atoms with Crippen LogP contribution in [0.2, 0.25) is 0 Å². The monoisotopic (exact) mass is 368 g/mol. The van der Waals surface area contributed by atoms with E-state index in [0.717, 1.165) is 37.2 Å². The first kappa shape index (κ1) is 19.3. The van der Waals surface area contributed by atoms with E-state index in [1.54, 1.807) is 10.9 Å². The highest BCUT2D eigenvalue weighted by molar-refractivity contribution is 5.92. The fraction of sp³-hybridized carbons (Fsp3) is 0.476. The van der Waals surface area contributed by atoms with Crippen LogP contribution in [0.4, 0.5) is 5.69 Å². The Balaban J connectivity index is 1.47. The number of anilines is 1. The van der Waals surface area contributed by atoms with Gasteiger partial charge < -0.3 is 5.32 Å². The molecule has 3 rings (SSSR count). The van der Waals surface area contributed by atoms with Crippen molar-refractivity contribution in [2.24, 2.45) is 13.0 Å². The van der Waals surface area contributed by atoms with Gasteiger partial charge in [-0.3, -0.25) is 19.2 Å². The van der Waals surface area contributed by atoms with Crippen LogP contribution in [0.5, 0.6) is 0 Å². The summed E-state index contributed by atoms with van der Waals surface area (Å²) >= 11 is 0. The first-order chi connectivity index (χ1) is 13.0. The normalized spacial score (nSPS) is 17.6. The van der Waals surface area contributed by atoms with Crippen LogP contribution in [0.3, 0.4) is 0 Å². The van der Waals surface area contributed by atoms with Gasteiger partial charge in [-0.1, -0.05) is 30.3 Å². The van der Waals surface area contributed by atoms with Gasteiger partial charge in [-0.05, 0) is 38.3 Å². The second-order valence-electron chi connectivity index (χ2n) is 7.38. The van der Waals surface area contributed by atoms with Gasteiger partial charge in [0.05, 0.1) is 17.9 Å². The molecule has 2 aromatic rings. The molecule has 144 valence electrons. The van der Waals surface area contributed by atoms with E-state index in [0.29, 0.717) is 25.3 Å². The predicted molar refractivity (Wildman–Crippen MR) is 106 cm³/mol. The minimum absolute atomic E-state index is 0.0374. The Morgan fingerprint density at radius 1 is 1.26 bits per heavy atom. The maximum atomic E-state index is 12.6. The molecule has 0 aliphatic carbocycles. The summed E-state index contributed by atoms with van der Waals surface area (Å²) in [7, 11) is 1.83. The molecule has 1 saturated heterocycles. The highest BCUT2D eigenvalue weighted by atomic mass is 16.2. The Hall–Kier alpha value is -2.47. The summed E-state index contributed by atoms with van der Waals surface area (Å²) in [5.74, 6) is 0.297. The molecular weight excluding hydrogens is 340 g/mol. The Morgan fingerprint density at radius 2 is 2.04 bits per heavy atom. The van der Waals surface area contributed by atoms with Crippen molar-refractivity contribution >= 4 is 17.4 Å². The van der Waals surface area contributed by atoms with Gasteiger partial charge in [0.25, 0.3) is 0 Å². The number of hydrogen-bond acceptors (Lipinski definition) is 4. The molecule has 27 heavy (non-hydrogen) atoms. The van der Waals surface area contributed by atoms with Crippen LogP contribution in [-0.4, -0.2) is 46.0 Å². The lowest BCUT2D eigenvalue weighted by molar-refractivity contribution is -0.126. The van der Waals surface area contributed by atoms with Crippen LogP contribution >= 0.6 is 0 Å². The number of aromatic nitrogens is 2.